The van der Waals surface area contributed by atoms with E-state index in [2.05, 4.69) is 10.3 Å². The topological polar surface area (TPSA) is 82.2 Å². The molecule has 1 aromatic heterocycles. The summed E-state index contributed by atoms with van der Waals surface area (Å²) in [5.74, 6) is -1.26. The van der Waals surface area contributed by atoms with Crippen LogP contribution in [0.1, 0.15) is 15.9 Å². The third kappa shape index (κ3) is 2.23. The molecule has 0 atom stereocenters. The fourth-order valence-corrected chi connectivity index (χ4v) is 2.09. The second-order valence-corrected chi connectivity index (χ2v) is 4.31. The number of carboxylic acids is 1. The molecule has 0 saturated carbocycles. The Bertz CT molecular complexity index is 679. The molecule has 94 valence electrons. The van der Waals surface area contributed by atoms with Gasteiger partial charge >= 0.3 is 5.97 Å². The molecule has 6 heteroatoms. The molecule has 2 rings (SSSR count). The Balaban J connectivity index is 2.79. The molecule has 0 spiro atoms. The summed E-state index contributed by atoms with van der Waals surface area (Å²) in [4.78, 5) is 25.1. The summed E-state index contributed by atoms with van der Waals surface area (Å²) in [6, 6.07) is 4.69. The van der Waals surface area contributed by atoms with Gasteiger partial charge in [-0.2, -0.15) is 0 Å². The Kier molecular flexibility index (Phi) is 3.36. The number of carboxylic acid groups (broad SMARTS) is 1. The molecule has 0 amide bonds. The number of rotatable bonds is 3. The van der Waals surface area contributed by atoms with Gasteiger partial charge in [0, 0.05) is 17.0 Å². The Morgan fingerprint density at radius 3 is 2.78 bits per heavy atom. The molecule has 18 heavy (non-hydrogen) atoms. The van der Waals surface area contributed by atoms with Gasteiger partial charge in [0.1, 0.15) is 5.56 Å². The van der Waals surface area contributed by atoms with Gasteiger partial charge < -0.3 is 15.4 Å². The fraction of sp³-hybridized carbons (Fsp3) is 0.167. The van der Waals surface area contributed by atoms with E-state index in [1.165, 1.54) is 6.07 Å². The predicted octanol–water partition coefficient (Wildman–Crippen LogP) is 1.60. The van der Waals surface area contributed by atoms with Crippen molar-refractivity contribution in [1.82, 2.24) is 10.3 Å². The lowest BCUT2D eigenvalue weighted by Crippen LogP contribution is -2.18. The highest BCUT2D eigenvalue weighted by Gasteiger charge is 2.12. The summed E-state index contributed by atoms with van der Waals surface area (Å²) in [7, 11) is 1.77. The van der Waals surface area contributed by atoms with E-state index in [0.717, 1.165) is 5.56 Å². The number of pyridine rings is 1. The maximum absolute atomic E-state index is 11.6. The summed E-state index contributed by atoms with van der Waals surface area (Å²) in [5.41, 5.74) is 0.507. The maximum Gasteiger partial charge on any atom is 0.341 e. The number of nitrogens with one attached hydrogen (secondary N) is 2. The van der Waals surface area contributed by atoms with Crippen molar-refractivity contribution in [1.29, 1.82) is 0 Å². The number of aromatic carboxylic acids is 1. The van der Waals surface area contributed by atoms with Crippen LogP contribution in [0.25, 0.3) is 10.9 Å². The van der Waals surface area contributed by atoms with Crippen LogP contribution in [0, 0.1) is 0 Å². The van der Waals surface area contributed by atoms with E-state index in [4.69, 9.17) is 16.7 Å². The van der Waals surface area contributed by atoms with Gasteiger partial charge in [-0.05, 0) is 30.8 Å². The SMILES string of the molecule is CNCc1cc(Cl)cc2cc(C(=O)O)c(=O)[nH]c12. The van der Waals surface area contributed by atoms with E-state index >= 15 is 0 Å². The van der Waals surface area contributed by atoms with E-state index in [9.17, 15) is 9.59 Å². The summed E-state index contributed by atoms with van der Waals surface area (Å²) < 4.78 is 0. The van der Waals surface area contributed by atoms with E-state index in [1.807, 2.05) is 0 Å². The number of fused-ring (bicyclic) bond motifs is 1. The largest absolute Gasteiger partial charge is 0.477 e. The van der Waals surface area contributed by atoms with Crippen LogP contribution in [0.5, 0.6) is 0 Å². The van der Waals surface area contributed by atoms with Gasteiger partial charge in [-0.1, -0.05) is 11.6 Å². The molecule has 0 fully saturated rings. The fourth-order valence-electron chi connectivity index (χ4n) is 1.84. The monoisotopic (exact) mass is 266 g/mol. The minimum absolute atomic E-state index is 0.292. The van der Waals surface area contributed by atoms with Gasteiger partial charge in [-0.25, -0.2) is 4.79 Å². The molecule has 1 aromatic carbocycles. The van der Waals surface area contributed by atoms with Crippen LogP contribution in [-0.4, -0.2) is 23.1 Å². The normalized spacial score (nSPS) is 10.8. The molecule has 0 bridgehead atoms. The van der Waals surface area contributed by atoms with E-state index in [1.54, 1.807) is 19.2 Å². The molecule has 1 heterocycles. The molecule has 0 radical (unpaired) electrons. The summed E-state index contributed by atoms with van der Waals surface area (Å²) in [6.45, 7) is 0.527. The Morgan fingerprint density at radius 1 is 1.44 bits per heavy atom. The van der Waals surface area contributed by atoms with E-state index in [-0.39, 0.29) is 5.56 Å². The minimum Gasteiger partial charge on any atom is -0.477 e. The number of hydrogen-bond donors (Lipinski definition) is 3. The van der Waals surface area contributed by atoms with E-state index < -0.39 is 11.5 Å². The number of aromatic amines is 1. The van der Waals surface area contributed by atoms with Crippen molar-refractivity contribution in [3.8, 4) is 0 Å². The van der Waals surface area contributed by atoms with Gasteiger partial charge in [0.25, 0.3) is 5.56 Å². The average Bonchev–Trinajstić information content (AvgIpc) is 2.29. The summed E-state index contributed by atoms with van der Waals surface area (Å²) in [5, 5.41) is 13.0. The first-order valence-corrected chi connectivity index (χ1v) is 5.64. The average molecular weight is 267 g/mol. The van der Waals surface area contributed by atoms with Crippen molar-refractivity contribution in [3.63, 3.8) is 0 Å². The Hall–Kier alpha value is -1.85. The van der Waals surface area contributed by atoms with Gasteiger partial charge in [0.2, 0.25) is 0 Å². The summed E-state index contributed by atoms with van der Waals surface area (Å²) >= 11 is 5.96. The van der Waals surface area contributed by atoms with Crippen LogP contribution in [0.3, 0.4) is 0 Å². The zero-order valence-electron chi connectivity index (χ0n) is 9.58. The molecule has 0 aliphatic heterocycles. The van der Waals surface area contributed by atoms with Crippen molar-refractivity contribution >= 4 is 28.5 Å². The van der Waals surface area contributed by atoms with Gasteiger partial charge in [-0.15, -0.1) is 0 Å². The zero-order chi connectivity index (χ0) is 13.3. The lowest BCUT2D eigenvalue weighted by atomic mass is 10.1. The van der Waals surface area contributed by atoms with Crippen molar-refractivity contribution in [2.75, 3.05) is 7.05 Å². The van der Waals surface area contributed by atoms with Crippen molar-refractivity contribution < 1.29 is 9.90 Å². The van der Waals surface area contributed by atoms with Crippen molar-refractivity contribution in [2.24, 2.45) is 0 Å². The molecule has 3 N–H and O–H groups in total. The number of aromatic nitrogens is 1. The highest BCUT2D eigenvalue weighted by molar-refractivity contribution is 6.31. The number of halogens is 1. The highest BCUT2D eigenvalue weighted by atomic mass is 35.5. The van der Waals surface area contributed by atoms with Crippen molar-refractivity contribution in [2.45, 2.75) is 6.54 Å². The molecule has 0 aliphatic rings. The quantitative estimate of drug-likeness (QED) is 0.788. The van der Waals surface area contributed by atoms with Crippen LogP contribution in [0.15, 0.2) is 23.0 Å². The molecule has 2 aromatic rings. The first-order valence-electron chi connectivity index (χ1n) is 5.26. The highest BCUT2D eigenvalue weighted by Crippen LogP contribution is 2.22. The first-order chi connectivity index (χ1) is 8.52. The molecule has 0 saturated heterocycles. The minimum atomic E-state index is -1.26. The van der Waals surface area contributed by atoms with Crippen LogP contribution >= 0.6 is 11.6 Å². The second kappa shape index (κ2) is 4.80. The van der Waals surface area contributed by atoms with Crippen molar-refractivity contribution in [3.05, 3.63) is 44.7 Å². The number of hydrogen-bond acceptors (Lipinski definition) is 3. The van der Waals surface area contributed by atoms with Gasteiger partial charge in [-0.3, -0.25) is 4.79 Å². The second-order valence-electron chi connectivity index (χ2n) is 3.88. The van der Waals surface area contributed by atoms with Gasteiger partial charge in [0.05, 0.1) is 5.52 Å². The maximum atomic E-state index is 11.6. The molecular formula is C12H11ClN2O3. The third-order valence-electron chi connectivity index (χ3n) is 2.60. The van der Waals surface area contributed by atoms with Gasteiger partial charge in [0.15, 0.2) is 0 Å². The third-order valence-corrected chi connectivity index (χ3v) is 2.81. The van der Waals surface area contributed by atoms with Crippen LogP contribution in [0.4, 0.5) is 0 Å². The number of H-pyrrole nitrogens is 1. The first kappa shape index (κ1) is 12.6. The molecule has 0 unspecified atom stereocenters. The summed E-state index contributed by atoms with van der Waals surface area (Å²) in [6.07, 6.45) is 0. The van der Waals surface area contributed by atoms with Crippen LogP contribution in [0.2, 0.25) is 5.02 Å². The smallest absolute Gasteiger partial charge is 0.341 e. The molecular weight excluding hydrogens is 256 g/mol. The number of benzene rings is 1. The van der Waals surface area contributed by atoms with Crippen LogP contribution in [-0.2, 0) is 6.54 Å². The van der Waals surface area contributed by atoms with Crippen LogP contribution < -0.4 is 10.9 Å². The Morgan fingerprint density at radius 2 is 2.17 bits per heavy atom. The molecule has 0 aliphatic carbocycles. The standard InChI is InChI=1S/C12H11ClN2O3/c1-14-5-7-3-8(13)2-6-4-9(12(17)18)11(16)15-10(6)7/h2-4,14H,5H2,1H3,(H,15,16)(H,17,18). The van der Waals surface area contributed by atoms with E-state index in [0.29, 0.717) is 22.5 Å². The Labute approximate surface area is 107 Å². The molecule has 5 nitrogen and oxygen atoms in total. The zero-order valence-corrected chi connectivity index (χ0v) is 10.3. The lowest BCUT2D eigenvalue weighted by Gasteiger charge is -2.07. The lowest BCUT2D eigenvalue weighted by molar-refractivity contribution is 0.0695. The predicted molar refractivity (Wildman–Crippen MR) is 69.3 cm³/mol. The number of carbonyl (C=O) groups is 1.